The highest BCUT2D eigenvalue weighted by Gasteiger charge is 2.17. The van der Waals surface area contributed by atoms with E-state index in [4.69, 9.17) is 0 Å². The van der Waals surface area contributed by atoms with Crippen molar-refractivity contribution in [3.8, 4) is 0 Å². The largest absolute Gasteiger partial charge is 0.354 e. The van der Waals surface area contributed by atoms with E-state index in [1.807, 2.05) is 26.8 Å². The summed E-state index contributed by atoms with van der Waals surface area (Å²) in [6.07, 6.45) is 0.881. The van der Waals surface area contributed by atoms with Gasteiger partial charge in [-0.3, -0.25) is 9.48 Å². The van der Waals surface area contributed by atoms with Crippen molar-refractivity contribution >= 4 is 17.2 Å². The Bertz CT molecular complexity index is 642. The van der Waals surface area contributed by atoms with Gasteiger partial charge < -0.3 is 5.32 Å². The second-order valence-corrected chi connectivity index (χ2v) is 6.61. The van der Waals surface area contributed by atoms with Gasteiger partial charge in [0.2, 0.25) is 5.91 Å². The molecule has 1 unspecified atom stereocenters. The standard InChI is InChI=1S/C16H23N3OS/c1-10-8-11(2)19(18-10)13(4)16(20)17-7-6-15-9-21-14(5)12(15)3/h8-9,13H,6-7H2,1-5H3,(H,17,20). The third-order valence-electron chi connectivity index (χ3n) is 3.87. The number of carbonyl (C=O) groups is 1. The molecule has 0 aliphatic carbocycles. The van der Waals surface area contributed by atoms with E-state index < -0.39 is 0 Å². The van der Waals surface area contributed by atoms with Crippen molar-refractivity contribution in [2.24, 2.45) is 0 Å². The third kappa shape index (κ3) is 3.53. The van der Waals surface area contributed by atoms with E-state index in [1.54, 1.807) is 16.0 Å². The highest BCUT2D eigenvalue weighted by Crippen LogP contribution is 2.20. The van der Waals surface area contributed by atoms with Crippen molar-refractivity contribution < 1.29 is 4.79 Å². The van der Waals surface area contributed by atoms with E-state index in [0.717, 1.165) is 17.8 Å². The van der Waals surface area contributed by atoms with Crippen LogP contribution in [0.2, 0.25) is 0 Å². The Morgan fingerprint density at radius 2 is 2.10 bits per heavy atom. The number of nitrogens with one attached hydrogen (secondary N) is 1. The lowest BCUT2D eigenvalue weighted by atomic mass is 10.1. The first-order valence-corrected chi connectivity index (χ1v) is 8.12. The average molecular weight is 305 g/mol. The maximum atomic E-state index is 12.2. The number of amides is 1. The van der Waals surface area contributed by atoms with Crippen LogP contribution in [0, 0.1) is 27.7 Å². The zero-order chi connectivity index (χ0) is 15.6. The summed E-state index contributed by atoms with van der Waals surface area (Å²) < 4.78 is 1.78. The number of aryl methyl sites for hydroxylation is 3. The molecule has 2 aromatic rings. The van der Waals surface area contributed by atoms with Crippen LogP contribution in [0.5, 0.6) is 0 Å². The molecule has 0 aromatic carbocycles. The third-order valence-corrected chi connectivity index (χ3v) is 4.93. The summed E-state index contributed by atoms with van der Waals surface area (Å²) >= 11 is 1.77. The molecule has 4 nitrogen and oxygen atoms in total. The van der Waals surface area contributed by atoms with Crippen molar-refractivity contribution in [1.29, 1.82) is 0 Å². The quantitative estimate of drug-likeness (QED) is 0.922. The number of nitrogens with zero attached hydrogens (tertiary/aromatic N) is 2. The molecule has 21 heavy (non-hydrogen) atoms. The number of hydrogen-bond donors (Lipinski definition) is 1. The van der Waals surface area contributed by atoms with Crippen molar-refractivity contribution in [3.05, 3.63) is 38.8 Å². The maximum absolute atomic E-state index is 12.2. The van der Waals surface area contributed by atoms with Crippen LogP contribution in [0.1, 0.15) is 40.4 Å². The average Bonchev–Trinajstić information content (AvgIpc) is 2.93. The van der Waals surface area contributed by atoms with Crippen LogP contribution < -0.4 is 5.32 Å². The summed E-state index contributed by atoms with van der Waals surface area (Å²) in [5, 5.41) is 9.56. The van der Waals surface area contributed by atoms with E-state index in [2.05, 4.69) is 29.6 Å². The topological polar surface area (TPSA) is 46.9 Å². The molecule has 0 spiro atoms. The van der Waals surface area contributed by atoms with Crippen LogP contribution in [-0.4, -0.2) is 22.2 Å². The summed E-state index contributed by atoms with van der Waals surface area (Å²) in [6.45, 7) is 10.7. The van der Waals surface area contributed by atoms with Gasteiger partial charge in [-0.1, -0.05) is 0 Å². The molecule has 5 heteroatoms. The Morgan fingerprint density at radius 1 is 1.38 bits per heavy atom. The second kappa shape index (κ2) is 6.43. The summed E-state index contributed by atoms with van der Waals surface area (Å²) in [6, 6.07) is 1.71. The minimum atomic E-state index is -0.274. The van der Waals surface area contributed by atoms with Gasteiger partial charge in [0, 0.05) is 17.1 Å². The van der Waals surface area contributed by atoms with Crippen molar-refractivity contribution in [3.63, 3.8) is 0 Å². The molecular formula is C16H23N3OS. The number of thiophene rings is 1. The van der Waals surface area contributed by atoms with Gasteiger partial charge in [0.25, 0.3) is 0 Å². The molecule has 0 bridgehead atoms. The number of aromatic nitrogens is 2. The molecule has 0 aliphatic heterocycles. The van der Waals surface area contributed by atoms with E-state index in [0.29, 0.717) is 6.54 Å². The first-order chi connectivity index (χ1) is 9.90. The van der Waals surface area contributed by atoms with Gasteiger partial charge in [-0.05, 0) is 63.6 Å². The minimum absolute atomic E-state index is 0.0193. The van der Waals surface area contributed by atoms with Crippen LogP contribution in [0.4, 0.5) is 0 Å². The van der Waals surface area contributed by atoms with Gasteiger partial charge in [0.1, 0.15) is 6.04 Å². The fourth-order valence-corrected chi connectivity index (χ4v) is 3.35. The van der Waals surface area contributed by atoms with Gasteiger partial charge in [0.15, 0.2) is 0 Å². The Hall–Kier alpha value is -1.62. The van der Waals surface area contributed by atoms with Crippen molar-refractivity contribution in [2.75, 3.05) is 6.54 Å². The Morgan fingerprint density at radius 3 is 2.62 bits per heavy atom. The van der Waals surface area contributed by atoms with Crippen LogP contribution in [0.25, 0.3) is 0 Å². The molecule has 1 atom stereocenters. The lowest BCUT2D eigenvalue weighted by Gasteiger charge is -2.14. The van der Waals surface area contributed by atoms with Crippen LogP contribution >= 0.6 is 11.3 Å². The van der Waals surface area contributed by atoms with E-state index in [1.165, 1.54) is 16.0 Å². The smallest absolute Gasteiger partial charge is 0.244 e. The SMILES string of the molecule is Cc1cc(C)n(C(C)C(=O)NCCc2csc(C)c2C)n1. The molecule has 1 amide bonds. The predicted molar refractivity (Wildman–Crippen MR) is 86.9 cm³/mol. The zero-order valence-corrected chi connectivity index (χ0v) is 14.2. The molecular weight excluding hydrogens is 282 g/mol. The molecule has 0 fully saturated rings. The fraction of sp³-hybridized carbons (Fsp3) is 0.500. The van der Waals surface area contributed by atoms with Gasteiger partial charge >= 0.3 is 0 Å². The Kier molecular flexibility index (Phi) is 4.83. The molecule has 1 N–H and O–H groups in total. The maximum Gasteiger partial charge on any atom is 0.244 e. The second-order valence-electron chi connectivity index (χ2n) is 5.53. The molecule has 2 heterocycles. The van der Waals surface area contributed by atoms with Crippen molar-refractivity contribution in [2.45, 2.75) is 47.1 Å². The monoisotopic (exact) mass is 305 g/mol. The summed E-state index contributed by atoms with van der Waals surface area (Å²) in [5.74, 6) is 0.0193. The van der Waals surface area contributed by atoms with Crippen LogP contribution in [-0.2, 0) is 11.2 Å². The van der Waals surface area contributed by atoms with E-state index >= 15 is 0 Å². The van der Waals surface area contributed by atoms with E-state index in [9.17, 15) is 4.79 Å². The van der Waals surface area contributed by atoms with Gasteiger partial charge in [-0.2, -0.15) is 5.10 Å². The van der Waals surface area contributed by atoms with Crippen LogP contribution in [0.15, 0.2) is 11.4 Å². The molecule has 2 rings (SSSR count). The zero-order valence-electron chi connectivity index (χ0n) is 13.4. The molecule has 0 aliphatic rings. The van der Waals surface area contributed by atoms with E-state index in [-0.39, 0.29) is 11.9 Å². The molecule has 2 aromatic heterocycles. The number of carbonyl (C=O) groups excluding carboxylic acids is 1. The minimum Gasteiger partial charge on any atom is -0.354 e. The van der Waals surface area contributed by atoms with Crippen LogP contribution in [0.3, 0.4) is 0 Å². The fourth-order valence-electron chi connectivity index (χ4n) is 2.43. The first kappa shape index (κ1) is 15.8. The summed E-state index contributed by atoms with van der Waals surface area (Å²) in [7, 11) is 0. The predicted octanol–water partition coefficient (Wildman–Crippen LogP) is 3.10. The molecule has 0 saturated heterocycles. The first-order valence-electron chi connectivity index (χ1n) is 7.24. The molecule has 114 valence electrons. The lowest BCUT2D eigenvalue weighted by molar-refractivity contribution is -0.124. The molecule has 0 saturated carbocycles. The van der Waals surface area contributed by atoms with Gasteiger partial charge in [-0.25, -0.2) is 0 Å². The lowest BCUT2D eigenvalue weighted by Crippen LogP contribution is -2.33. The normalized spacial score (nSPS) is 12.4. The highest BCUT2D eigenvalue weighted by molar-refractivity contribution is 7.10. The highest BCUT2D eigenvalue weighted by atomic mass is 32.1. The Balaban J connectivity index is 1.90. The summed E-state index contributed by atoms with van der Waals surface area (Å²) in [5.41, 5.74) is 4.63. The summed E-state index contributed by atoms with van der Waals surface area (Å²) in [4.78, 5) is 13.6. The van der Waals surface area contributed by atoms with Gasteiger partial charge in [-0.15, -0.1) is 11.3 Å². The Labute approximate surface area is 130 Å². The van der Waals surface area contributed by atoms with Gasteiger partial charge in [0.05, 0.1) is 5.69 Å². The van der Waals surface area contributed by atoms with Crippen molar-refractivity contribution in [1.82, 2.24) is 15.1 Å². The number of rotatable bonds is 5. The molecule has 0 radical (unpaired) electrons. The number of hydrogen-bond acceptors (Lipinski definition) is 3.